The standard InChI is InChI=1S/C13H17BN2O5/c1-10(17)8-15-9-12(18)21-14(20-2)13(19)16-11-6-4-3-5-7-11/h3-7,15H,8-9H2,1-2H3,(H,16,19). The summed E-state index contributed by atoms with van der Waals surface area (Å²) in [6, 6.07) is 8.72. The predicted molar refractivity (Wildman–Crippen MR) is 77.9 cm³/mol. The number of rotatable bonds is 8. The van der Waals surface area contributed by atoms with Crippen LogP contribution in [0, 0.1) is 0 Å². The van der Waals surface area contributed by atoms with Gasteiger partial charge in [0.25, 0.3) is 5.81 Å². The number of nitrogens with one attached hydrogen (secondary N) is 2. The van der Waals surface area contributed by atoms with Crippen LogP contribution >= 0.6 is 0 Å². The maximum Gasteiger partial charge on any atom is 0.626 e. The van der Waals surface area contributed by atoms with Crippen molar-refractivity contribution in [3.63, 3.8) is 0 Å². The van der Waals surface area contributed by atoms with E-state index in [1.165, 1.54) is 14.0 Å². The van der Waals surface area contributed by atoms with Crippen molar-refractivity contribution >= 4 is 30.4 Å². The van der Waals surface area contributed by atoms with Crippen molar-refractivity contribution in [3.8, 4) is 0 Å². The molecular weight excluding hydrogens is 275 g/mol. The highest BCUT2D eigenvalue weighted by Gasteiger charge is 2.32. The van der Waals surface area contributed by atoms with Gasteiger partial charge in [0.05, 0.1) is 13.1 Å². The maximum absolute atomic E-state index is 11.9. The quantitative estimate of drug-likeness (QED) is 0.683. The zero-order chi connectivity index (χ0) is 15.7. The molecule has 0 saturated heterocycles. The molecule has 1 aromatic rings. The number of para-hydroxylation sites is 1. The number of anilines is 1. The average Bonchev–Trinajstić information content (AvgIpc) is 2.45. The maximum atomic E-state index is 11.9. The van der Waals surface area contributed by atoms with E-state index in [1.807, 2.05) is 6.07 Å². The molecule has 0 spiro atoms. The fourth-order valence-electron chi connectivity index (χ4n) is 1.43. The van der Waals surface area contributed by atoms with E-state index in [2.05, 4.69) is 10.6 Å². The van der Waals surface area contributed by atoms with Crippen molar-refractivity contribution in [1.82, 2.24) is 5.32 Å². The smallest absolute Gasteiger partial charge is 0.502 e. The molecule has 0 fully saturated rings. The first-order valence-electron chi connectivity index (χ1n) is 6.31. The molecule has 0 atom stereocenters. The Bertz CT molecular complexity index is 495. The monoisotopic (exact) mass is 292 g/mol. The van der Waals surface area contributed by atoms with Crippen LogP contribution in [0.4, 0.5) is 10.5 Å². The molecule has 112 valence electrons. The second-order valence-electron chi connectivity index (χ2n) is 4.22. The van der Waals surface area contributed by atoms with Crippen molar-refractivity contribution in [2.75, 3.05) is 25.5 Å². The second-order valence-corrected chi connectivity index (χ2v) is 4.22. The summed E-state index contributed by atoms with van der Waals surface area (Å²) in [5, 5.41) is 5.15. The number of carbonyl (C=O) groups is 3. The molecule has 8 heteroatoms. The average molecular weight is 292 g/mol. The van der Waals surface area contributed by atoms with E-state index in [4.69, 9.17) is 9.31 Å². The van der Waals surface area contributed by atoms with Crippen LogP contribution in [-0.2, 0) is 18.9 Å². The highest BCUT2D eigenvalue weighted by Crippen LogP contribution is 2.06. The van der Waals surface area contributed by atoms with E-state index in [0.717, 1.165) is 0 Å². The Balaban J connectivity index is 2.44. The van der Waals surface area contributed by atoms with Crippen molar-refractivity contribution in [3.05, 3.63) is 30.3 Å². The molecule has 0 heterocycles. The minimum Gasteiger partial charge on any atom is -0.502 e. The van der Waals surface area contributed by atoms with Crippen LogP contribution in [-0.4, -0.2) is 44.9 Å². The summed E-state index contributed by atoms with van der Waals surface area (Å²) in [5.41, 5.74) is 0.565. The molecule has 21 heavy (non-hydrogen) atoms. The molecule has 2 N–H and O–H groups in total. The van der Waals surface area contributed by atoms with Gasteiger partial charge in [-0.2, -0.15) is 0 Å². The Morgan fingerprint density at radius 1 is 1.14 bits per heavy atom. The Morgan fingerprint density at radius 3 is 2.38 bits per heavy atom. The molecule has 1 amide bonds. The van der Waals surface area contributed by atoms with Crippen LogP contribution in [0.1, 0.15) is 6.92 Å². The lowest BCUT2D eigenvalue weighted by atomic mass is 9.88. The summed E-state index contributed by atoms with van der Waals surface area (Å²) in [4.78, 5) is 34.1. The van der Waals surface area contributed by atoms with Crippen LogP contribution < -0.4 is 10.6 Å². The normalized spacial score (nSPS) is 9.81. The first kappa shape index (κ1) is 16.9. The fourth-order valence-corrected chi connectivity index (χ4v) is 1.43. The number of carbonyl (C=O) groups excluding carboxylic acids is 3. The van der Waals surface area contributed by atoms with Gasteiger partial charge in [-0.3, -0.25) is 14.4 Å². The summed E-state index contributed by atoms with van der Waals surface area (Å²) >= 11 is 0. The van der Waals surface area contributed by atoms with Crippen LogP contribution in [0.2, 0.25) is 0 Å². The van der Waals surface area contributed by atoms with Gasteiger partial charge in [0.1, 0.15) is 5.78 Å². The number of hydrogen-bond donors (Lipinski definition) is 2. The van der Waals surface area contributed by atoms with Gasteiger partial charge in [0, 0.05) is 12.8 Å². The first-order chi connectivity index (χ1) is 10.0. The Hall–Kier alpha value is -2.19. The molecule has 0 unspecified atom stereocenters. The van der Waals surface area contributed by atoms with E-state index < -0.39 is 18.9 Å². The van der Waals surface area contributed by atoms with Gasteiger partial charge in [-0.15, -0.1) is 0 Å². The largest absolute Gasteiger partial charge is 0.626 e. The third-order valence-corrected chi connectivity index (χ3v) is 2.35. The van der Waals surface area contributed by atoms with Crippen LogP contribution in [0.3, 0.4) is 0 Å². The number of amides is 1. The number of hydrogen-bond acceptors (Lipinski definition) is 6. The van der Waals surface area contributed by atoms with Crippen LogP contribution in [0.25, 0.3) is 0 Å². The number of Topliss-reactive ketones (excluding diaryl/α,β-unsaturated/α-hetero) is 1. The van der Waals surface area contributed by atoms with Crippen LogP contribution in [0.5, 0.6) is 0 Å². The predicted octanol–water partition coefficient (Wildman–Crippen LogP) is 0.657. The number of ketones is 1. The minimum absolute atomic E-state index is 0.0585. The molecule has 1 aromatic carbocycles. The van der Waals surface area contributed by atoms with Crippen molar-refractivity contribution in [2.45, 2.75) is 6.92 Å². The van der Waals surface area contributed by atoms with E-state index >= 15 is 0 Å². The molecular formula is C13H17BN2O5. The molecule has 0 radical (unpaired) electrons. The summed E-state index contributed by atoms with van der Waals surface area (Å²) in [5.74, 6) is -1.39. The van der Waals surface area contributed by atoms with Gasteiger partial charge < -0.3 is 19.9 Å². The van der Waals surface area contributed by atoms with E-state index in [0.29, 0.717) is 5.69 Å². The zero-order valence-corrected chi connectivity index (χ0v) is 11.9. The summed E-state index contributed by atoms with van der Waals surface area (Å²) in [6.07, 6.45) is 0. The van der Waals surface area contributed by atoms with E-state index in [9.17, 15) is 14.4 Å². The zero-order valence-electron chi connectivity index (χ0n) is 11.9. The lowest BCUT2D eigenvalue weighted by Gasteiger charge is -2.12. The molecule has 0 saturated carbocycles. The minimum atomic E-state index is -1.35. The highest BCUT2D eigenvalue weighted by atomic mass is 16.6. The topological polar surface area (TPSA) is 93.7 Å². The van der Waals surface area contributed by atoms with Gasteiger partial charge in [-0.25, -0.2) is 0 Å². The Kier molecular flexibility index (Phi) is 7.13. The molecule has 1 rings (SSSR count). The molecule has 7 nitrogen and oxygen atoms in total. The summed E-state index contributed by atoms with van der Waals surface area (Å²) in [7, 11) is -0.0947. The van der Waals surface area contributed by atoms with Gasteiger partial charge in [-0.05, 0) is 19.1 Å². The number of benzene rings is 1. The Morgan fingerprint density at radius 2 is 1.81 bits per heavy atom. The highest BCUT2D eigenvalue weighted by molar-refractivity contribution is 6.83. The van der Waals surface area contributed by atoms with Gasteiger partial charge >= 0.3 is 13.1 Å². The van der Waals surface area contributed by atoms with E-state index in [1.54, 1.807) is 24.3 Å². The summed E-state index contributed by atoms with van der Waals surface area (Å²) < 4.78 is 9.70. The molecule has 0 bridgehead atoms. The Labute approximate surface area is 123 Å². The summed E-state index contributed by atoms with van der Waals surface area (Å²) in [6.45, 7) is 1.27. The fraction of sp³-hybridized carbons (Fsp3) is 0.308. The second kappa shape index (κ2) is 8.88. The van der Waals surface area contributed by atoms with Crippen molar-refractivity contribution < 1.29 is 23.7 Å². The molecule has 0 aliphatic heterocycles. The van der Waals surface area contributed by atoms with Gasteiger partial charge in [0.15, 0.2) is 0 Å². The molecule has 0 aliphatic rings. The van der Waals surface area contributed by atoms with Crippen molar-refractivity contribution in [2.24, 2.45) is 0 Å². The lowest BCUT2D eigenvalue weighted by Crippen LogP contribution is -2.40. The van der Waals surface area contributed by atoms with Gasteiger partial charge in [-0.1, -0.05) is 18.2 Å². The lowest BCUT2D eigenvalue weighted by molar-refractivity contribution is -0.134. The SMILES string of the molecule is COB(OC(=O)CNCC(C)=O)C(=O)Nc1ccccc1. The molecule has 0 aliphatic carbocycles. The van der Waals surface area contributed by atoms with Gasteiger partial charge in [0.2, 0.25) is 0 Å². The van der Waals surface area contributed by atoms with Crippen LogP contribution in [0.15, 0.2) is 30.3 Å². The first-order valence-corrected chi connectivity index (χ1v) is 6.31. The van der Waals surface area contributed by atoms with Crippen molar-refractivity contribution in [1.29, 1.82) is 0 Å². The molecule has 0 aromatic heterocycles. The third kappa shape index (κ3) is 6.69. The third-order valence-electron chi connectivity index (χ3n) is 2.35. The van der Waals surface area contributed by atoms with E-state index in [-0.39, 0.29) is 18.9 Å².